The molecule has 0 spiro atoms. The van der Waals surface area contributed by atoms with Crippen molar-refractivity contribution in [3.8, 4) is 11.1 Å². The number of hydrogen-bond acceptors (Lipinski definition) is 2. The minimum atomic E-state index is -0.383. The lowest BCUT2D eigenvalue weighted by atomic mass is 9.94. The number of hydrogen-bond donors (Lipinski definition) is 1. The van der Waals surface area contributed by atoms with E-state index in [9.17, 15) is 4.79 Å². The molecule has 1 N–H and O–H groups in total. The van der Waals surface area contributed by atoms with E-state index in [4.69, 9.17) is 4.74 Å². The van der Waals surface area contributed by atoms with Crippen LogP contribution in [0.1, 0.15) is 30.9 Å². The summed E-state index contributed by atoms with van der Waals surface area (Å²) in [5.41, 5.74) is 4.76. The van der Waals surface area contributed by atoms with Gasteiger partial charge in [-0.25, -0.2) is 4.79 Å². The molecule has 1 amide bonds. The molecule has 0 radical (unpaired) electrons. The lowest BCUT2D eigenvalue weighted by Gasteiger charge is -2.20. The predicted molar refractivity (Wildman–Crippen MR) is 97.0 cm³/mol. The number of ether oxygens (including phenoxy) is 1. The second-order valence-corrected chi connectivity index (χ2v) is 6.87. The highest BCUT2D eigenvalue weighted by Crippen LogP contribution is 2.44. The van der Waals surface area contributed by atoms with Crippen molar-refractivity contribution in [3.63, 3.8) is 0 Å². The van der Waals surface area contributed by atoms with Crippen LogP contribution in [0.4, 0.5) is 4.79 Å². The molecule has 1 aliphatic rings. The minimum Gasteiger partial charge on any atom is -0.449 e. The van der Waals surface area contributed by atoms with Crippen LogP contribution in [0.2, 0.25) is 0 Å². The summed E-state index contributed by atoms with van der Waals surface area (Å²) in [5, 5.41) is 2.81. The van der Waals surface area contributed by atoms with E-state index in [0.29, 0.717) is 13.2 Å². The van der Waals surface area contributed by atoms with Crippen LogP contribution >= 0.6 is 0 Å². The maximum absolute atomic E-state index is 12.0. The van der Waals surface area contributed by atoms with Crippen molar-refractivity contribution in [2.24, 2.45) is 5.41 Å². The first kappa shape index (κ1) is 16.3. The van der Waals surface area contributed by atoms with E-state index in [1.165, 1.54) is 22.3 Å². The zero-order chi connectivity index (χ0) is 17.2. The molecule has 2 aromatic carbocycles. The van der Waals surface area contributed by atoms with Crippen LogP contribution in [-0.2, 0) is 4.74 Å². The Morgan fingerprint density at radius 1 is 1.12 bits per heavy atom. The zero-order valence-electron chi connectivity index (χ0n) is 14.2. The van der Waals surface area contributed by atoms with Crippen molar-refractivity contribution in [2.75, 3.05) is 13.2 Å². The number of amides is 1. The highest BCUT2D eigenvalue weighted by atomic mass is 16.5. The van der Waals surface area contributed by atoms with E-state index >= 15 is 0 Å². The SMILES string of the molecule is C=CC(C)(C)CNC(=O)OCC1c2ccccc2-c2ccccc21. The van der Waals surface area contributed by atoms with Crippen molar-refractivity contribution in [2.45, 2.75) is 19.8 Å². The van der Waals surface area contributed by atoms with E-state index in [-0.39, 0.29) is 17.4 Å². The molecule has 3 nitrogen and oxygen atoms in total. The molecule has 0 heterocycles. The molecule has 3 heteroatoms. The first-order valence-electron chi connectivity index (χ1n) is 8.24. The second kappa shape index (κ2) is 6.52. The number of rotatable bonds is 5. The van der Waals surface area contributed by atoms with Gasteiger partial charge in [0.25, 0.3) is 0 Å². The summed E-state index contributed by atoms with van der Waals surface area (Å²) in [4.78, 5) is 12.0. The van der Waals surface area contributed by atoms with Crippen LogP contribution in [0.15, 0.2) is 61.2 Å². The van der Waals surface area contributed by atoms with E-state index in [2.05, 4.69) is 36.2 Å². The molecule has 0 atom stereocenters. The summed E-state index contributed by atoms with van der Waals surface area (Å²) in [7, 11) is 0. The average Bonchev–Trinajstić information content (AvgIpc) is 2.92. The molecular formula is C21H23NO2. The van der Waals surface area contributed by atoms with Crippen LogP contribution in [0.25, 0.3) is 11.1 Å². The summed E-state index contributed by atoms with van der Waals surface area (Å²) in [6.07, 6.45) is 1.45. The molecule has 0 unspecified atom stereocenters. The normalized spacial score (nSPS) is 13.1. The fourth-order valence-electron chi connectivity index (χ4n) is 3.02. The number of alkyl carbamates (subject to hydrolysis) is 1. The van der Waals surface area contributed by atoms with Crippen LogP contribution < -0.4 is 5.32 Å². The van der Waals surface area contributed by atoms with Crippen molar-refractivity contribution in [1.29, 1.82) is 0 Å². The van der Waals surface area contributed by atoms with Crippen LogP contribution in [0, 0.1) is 5.41 Å². The molecule has 24 heavy (non-hydrogen) atoms. The molecule has 0 fully saturated rings. The van der Waals surface area contributed by atoms with Gasteiger partial charge in [-0.3, -0.25) is 0 Å². The van der Waals surface area contributed by atoms with Crippen LogP contribution in [0.5, 0.6) is 0 Å². The zero-order valence-corrected chi connectivity index (χ0v) is 14.2. The number of carbonyl (C=O) groups excluding carboxylic acids is 1. The quantitative estimate of drug-likeness (QED) is 0.808. The molecule has 0 aromatic heterocycles. The third-order valence-electron chi connectivity index (χ3n) is 4.58. The molecule has 0 saturated heterocycles. The Kier molecular flexibility index (Phi) is 4.43. The molecule has 2 aromatic rings. The van der Waals surface area contributed by atoms with Gasteiger partial charge in [-0.1, -0.05) is 68.5 Å². The topological polar surface area (TPSA) is 38.3 Å². The smallest absolute Gasteiger partial charge is 0.407 e. The van der Waals surface area contributed by atoms with Gasteiger partial charge in [0, 0.05) is 12.5 Å². The van der Waals surface area contributed by atoms with Gasteiger partial charge in [-0.05, 0) is 27.7 Å². The highest BCUT2D eigenvalue weighted by molar-refractivity contribution is 5.79. The maximum Gasteiger partial charge on any atom is 0.407 e. The van der Waals surface area contributed by atoms with E-state index < -0.39 is 0 Å². The predicted octanol–water partition coefficient (Wildman–Crippen LogP) is 4.74. The van der Waals surface area contributed by atoms with Gasteiger partial charge >= 0.3 is 6.09 Å². The van der Waals surface area contributed by atoms with E-state index in [1.807, 2.05) is 44.2 Å². The number of benzene rings is 2. The molecule has 124 valence electrons. The summed E-state index contributed by atoms with van der Waals surface area (Å²) >= 11 is 0. The van der Waals surface area contributed by atoms with Gasteiger partial charge in [-0.2, -0.15) is 0 Å². The fraction of sp³-hybridized carbons (Fsp3) is 0.286. The summed E-state index contributed by atoms with van der Waals surface area (Å²) in [6, 6.07) is 16.6. The van der Waals surface area contributed by atoms with Crippen molar-refractivity contribution in [3.05, 3.63) is 72.3 Å². The summed E-state index contributed by atoms with van der Waals surface area (Å²) in [6.45, 7) is 8.66. The molecule has 3 rings (SSSR count). The second-order valence-electron chi connectivity index (χ2n) is 6.87. The lowest BCUT2D eigenvalue weighted by Crippen LogP contribution is -2.33. The molecule has 0 aliphatic heterocycles. The Balaban J connectivity index is 1.70. The number of nitrogens with one attached hydrogen (secondary N) is 1. The van der Waals surface area contributed by atoms with Crippen molar-refractivity contribution >= 4 is 6.09 Å². The van der Waals surface area contributed by atoms with E-state index in [1.54, 1.807) is 0 Å². The van der Waals surface area contributed by atoms with Gasteiger partial charge in [0.1, 0.15) is 6.61 Å². The first-order chi connectivity index (χ1) is 11.5. The standard InChI is InChI=1S/C21H23NO2/c1-4-21(2,3)14-22-20(23)24-13-19-17-11-7-5-9-15(17)16-10-6-8-12-18(16)19/h4-12,19H,1,13-14H2,2-3H3,(H,22,23). The van der Waals surface area contributed by atoms with Gasteiger partial charge in [0.2, 0.25) is 0 Å². The molecule has 1 aliphatic carbocycles. The molecule has 0 saturated carbocycles. The Labute approximate surface area is 143 Å². The fourth-order valence-corrected chi connectivity index (χ4v) is 3.02. The van der Waals surface area contributed by atoms with Crippen molar-refractivity contribution in [1.82, 2.24) is 5.32 Å². The van der Waals surface area contributed by atoms with Gasteiger partial charge in [0.05, 0.1) is 0 Å². The Bertz CT molecular complexity index is 718. The third kappa shape index (κ3) is 3.21. The van der Waals surface area contributed by atoms with Gasteiger partial charge < -0.3 is 10.1 Å². The molecule has 0 bridgehead atoms. The average molecular weight is 321 g/mol. The highest BCUT2D eigenvalue weighted by Gasteiger charge is 2.29. The largest absolute Gasteiger partial charge is 0.449 e. The Morgan fingerprint density at radius 3 is 2.21 bits per heavy atom. The van der Waals surface area contributed by atoms with Crippen LogP contribution in [-0.4, -0.2) is 19.2 Å². The number of carbonyl (C=O) groups is 1. The maximum atomic E-state index is 12.0. The first-order valence-corrected chi connectivity index (χ1v) is 8.24. The number of fused-ring (bicyclic) bond motifs is 3. The summed E-state index contributed by atoms with van der Waals surface area (Å²) in [5.74, 6) is 0.0931. The minimum absolute atomic E-state index is 0.0931. The molecular weight excluding hydrogens is 298 g/mol. The Morgan fingerprint density at radius 2 is 1.67 bits per heavy atom. The van der Waals surface area contributed by atoms with Gasteiger partial charge in [-0.15, -0.1) is 6.58 Å². The monoisotopic (exact) mass is 321 g/mol. The van der Waals surface area contributed by atoms with Crippen molar-refractivity contribution < 1.29 is 9.53 Å². The van der Waals surface area contributed by atoms with E-state index in [0.717, 1.165) is 0 Å². The van der Waals surface area contributed by atoms with Crippen LogP contribution in [0.3, 0.4) is 0 Å². The Hall–Kier alpha value is -2.55. The van der Waals surface area contributed by atoms with Gasteiger partial charge in [0.15, 0.2) is 0 Å². The third-order valence-corrected chi connectivity index (χ3v) is 4.58. The summed E-state index contributed by atoms with van der Waals surface area (Å²) < 4.78 is 5.50. The lowest BCUT2D eigenvalue weighted by molar-refractivity contribution is 0.140.